The number of fused-ring (bicyclic) bond motifs is 1. The largest absolute Gasteiger partial charge is 0.490 e. The van der Waals surface area contributed by atoms with Crippen LogP contribution in [0.4, 0.5) is 5.69 Å². The van der Waals surface area contributed by atoms with Crippen LogP contribution in [-0.4, -0.2) is 24.2 Å². The van der Waals surface area contributed by atoms with Gasteiger partial charge < -0.3 is 9.64 Å². The number of benzene rings is 2. The number of halogens is 3. The lowest BCUT2D eigenvalue weighted by Crippen LogP contribution is -2.38. The van der Waals surface area contributed by atoms with E-state index in [0.717, 1.165) is 31.4 Å². The molecule has 0 unspecified atom stereocenters. The van der Waals surface area contributed by atoms with Crippen LogP contribution in [0.1, 0.15) is 12.8 Å². The van der Waals surface area contributed by atoms with Gasteiger partial charge in [0.1, 0.15) is 11.9 Å². The Morgan fingerprint density at radius 3 is 2.38 bits per heavy atom. The van der Waals surface area contributed by atoms with Crippen molar-refractivity contribution in [3.8, 4) is 5.75 Å². The van der Waals surface area contributed by atoms with Gasteiger partial charge in [0.05, 0.1) is 20.6 Å². The number of para-hydroxylation sites is 1. The molecule has 3 aromatic rings. The fourth-order valence-electron chi connectivity index (χ4n) is 3.36. The van der Waals surface area contributed by atoms with Gasteiger partial charge in [-0.3, -0.25) is 4.98 Å². The van der Waals surface area contributed by atoms with Crippen LogP contribution >= 0.6 is 34.8 Å². The van der Waals surface area contributed by atoms with E-state index in [1.54, 1.807) is 12.1 Å². The Balaban J connectivity index is 1.46. The number of nitrogens with zero attached hydrogens (tertiary/aromatic N) is 2. The van der Waals surface area contributed by atoms with Crippen molar-refractivity contribution in [2.24, 2.45) is 0 Å². The summed E-state index contributed by atoms with van der Waals surface area (Å²) >= 11 is 18.2. The van der Waals surface area contributed by atoms with E-state index >= 15 is 0 Å². The molecule has 1 saturated heterocycles. The lowest BCUT2D eigenvalue weighted by Gasteiger charge is -2.34. The third-order valence-electron chi connectivity index (χ3n) is 4.67. The summed E-state index contributed by atoms with van der Waals surface area (Å²) in [5.74, 6) is 0.664. The Hall–Kier alpha value is -1.68. The van der Waals surface area contributed by atoms with Crippen molar-refractivity contribution in [2.45, 2.75) is 18.9 Å². The van der Waals surface area contributed by atoms with Gasteiger partial charge in [-0.1, -0.05) is 53.0 Å². The molecular formula is C20H17Cl3N2O. The summed E-state index contributed by atoms with van der Waals surface area (Å²) in [4.78, 5) is 6.84. The van der Waals surface area contributed by atoms with Crippen LogP contribution in [-0.2, 0) is 0 Å². The van der Waals surface area contributed by atoms with Crippen molar-refractivity contribution in [3.05, 3.63) is 63.7 Å². The maximum Gasteiger partial charge on any atom is 0.122 e. The first-order valence-electron chi connectivity index (χ1n) is 8.52. The Labute approximate surface area is 167 Å². The maximum absolute atomic E-state index is 6.08. The van der Waals surface area contributed by atoms with Crippen molar-refractivity contribution >= 4 is 51.4 Å². The third-order valence-corrected chi connectivity index (χ3v) is 5.87. The van der Waals surface area contributed by atoms with Gasteiger partial charge in [0.15, 0.2) is 0 Å². The summed E-state index contributed by atoms with van der Waals surface area (Å²) in [5, 5.41) is 2.37. The SMILES string of the molecule is Clc1cc(OC2CCN(c3ccnc4ccccc34)CC2)cc(Cl)c1Cl. The van der Waals surface area contributed by atoms with E-state index in [9.17, 15) is 0 Å². The van der Waals surface area contributed by atoms with Crippen molar-refractivity contribution in [2.75, 3.05) is 18.0 Å². The quantitative estimate of drug-likeness (QED) is 0.480. The smallest absolute Gasteiger partial charge is 0.122 e. The van der Waals surface area contributed by atoms with E-state index < -0.39 is 0 Å². The van der Waals surface area contributed by atoms with Gasteiger partial charge in [0.25, 0.3) is 0 Å². The molecule has 1 aromatic heterocycles. The first kappa shape index (κ1) is 17.7. The van der Waals surface area contributed by atoms with Crippen LogP contribution in [0.2, 0.25) is 15.1 Å². The molecule has 2 aromatic carbocycles. The number of hydrogen-bond donors (Lipinski definition) is 0. The molecule has 6 heteroatoms. The van der Waals surface area contributed by atoms with Crippen LogP contribution in [0.3, 0.4) is 0 Å². The molecule has 0 saturated carbocycles. The zero-order valence-corrected chi connectivity index (χ0v) is 16.2. The molecule has 26 heavy (non-hydrogen) atoms. The minimum absolute atomic E-state index is 0.132. The molecule has 0 N–H and O–H groups in total. The second-order valence-electron chi connectivity index (χ2n) is 6.35. The maximum atomic E-state index is 6.08. The number of piperidine rings is 1. The molecule has 1 fully saturated rings. The zero-order valence-electron chi connectivity index (χ0n) is 14.0. The summed E-state index contributed by atoms with van der Waals surface area (Å²) in [6.07, 6.45) is 3.86. The summed E-state index contributed by atoms with van der Waals surface area (Å²) in [5.41, 5.74) is 2.25. The highest BCUT2D eigenvalue weighted by Gasteiger charge is 2.22. The summed E-state index contributed by atoms with van der Waals surface area (Å²) in [6, 6.07) is 13.8. The van der Waals surface area contributed by atoms with Crippen molar-refractivity contribution in [1.29, 1.82) is 0 Å². The lowest BCUT2D eigenvalue weighted by molar-refractivity contribution is 0.171. The van der Waals surface area contributed by atoms with Crippen LogP contribution in [0.25, 0.3) is 10.9 Å². The van der Waals surface area contributed by atoms with Gasteiger partial charge in [-0.2, -0.15) is 0 Å². The van der Waals surface area contributed by atoms with Crippen LogP contribution in [0, 0.1) is 0 Å². The van der Waals surface area contributed by atoms with E-state index in [1.165, 1.54) is 11.1 Å². The molecule has 0 radical (unpaired) electrons. The lowest BCUT2D eigenvalue weighted by atomic mass is 10.1. The molecule has 0 spiro atoms. The fourth-order valence-corrected chi connectivity index (χ4v) is 3.94. The van der Waals surface area contributed by atoms with Gasteiger partial charge in [-0.15, -0.1) is 0 Å². The summed E-state index contributed by atoms with van der Waals surface area (Å²) in [6.45, 7) is 1.85. The normalized spacial score (nSPS) is 15.4. The van der Waals surface area contributed by atoms with E-state index in [4.69, 9.17) is 39.5 Å². The second kappa shape index (κ2) is 7.51. The van der Waals surface area contributed by atoms with Gasteiger partial charge >= 0.3 is 0 Å². The molecule has 0 amide bonds. The van der Waals surface area contributed by atoms with E-state index in [0.29, 0.717) is 20.8 Å². The van der Waals surface area contributed by atoms with Gasteiger partial charge in [-0.05, 0) is 12.1 Å². The number of anilines is 1. The Morgan fingerprint density at radius 2 is 1.65 bits per heavy atom. The standard InChI is InChI=1S/C20H17Cl3N2O/c21-16-11-14(12-17(22)20(16)23)26-13-6-9-25(10-7-13)19-5-8-24-18-4-2-1-3-15(18)19/h1-5,8,11-13H,6-7,9-10H2. The molecular weight excluding hydrogens is 391 g/mol. The van der Waals surface area contributed by atoms with E-state index in [2.05, 4.69) is 28.1 Å². The number of hydrogen-bond acceptors (Lipinski definition) is 3. The highest BCUT2D eigenvalue weighted by atomic mass is 35.5. The fraction of sp³-hybridized carbons (Fsp3) is 0.250. The first-order valence-corrected chi connectivity index (χ1v) is 9.65. The summed E-state index contributed by atoms with van der Waals surface area (Å²) in [7, 11) is 0. The average molecular weight is 408 g/mol. The van der Waals surface area contributed by atoms with Crippen LogP contribution in [0.5, 0.6) is 5.75 Å². The molecule has 1 aliphatic heterocycles. The monoisotopic (exact) mass is 406 g/mol. The Bertz CT molecular complexity index is 911. The minimum atomic E-state index is 0.132. The van der Waals surface area contributed by atoms with E-state index in [-0.39, 0.29) is 6.10 Å². The van der Waals surface area contributed by atoms with Gasteiger partial charge in [0.2, 0.25) is 0 Å². The van der Waals surface area contributed by atoms with Crippen LogP contribution < -0.4 is 9.64 Å². The molecule has 1 aliphatic rings. The molecule has 134 valence electrons. The predicted octanol–water partition coefficient (Wildman–Crippen LogP) is 6.24. The minimum Gasteiger partial charge on any atom is -0.490 e. The third kappa shape index (κ3) is 3.57. The molecule has 2 heterocycles. The summed E-state index contributed by atoms with van der Waals surface area (Å²) < 4.78 is 6.08. The van der Waals surface area contributed by atoms with Crippen molar-refractivity contribution < 1.29 is 4.74 Å². The average Bonchev–Trinajstić information content (AvgIpc) is 2.66. The first-order chi connectivity index (χ1) is 12.6. The number of rotatable bonds is 3. The highest BCUT2D eigenvalue weighted by molar-refractivity contribution is 6.48. The van der Waals surface area contributed by atoms with Crippen molar-refractivity contribution in [1.82, 2.24) is 4.98 Å². The highest BCUT2D eigenvalue weighted by Crippen LogP contribution is 2.35. The molecule has 0 atom stereocenters. The topological polar surface area (TPSA) is 25.4 Å². The second-order valence-corrected chi connectivity index (χ2v) is 7.54. The predicted molar refractivity (Wildman–Crippen MR) is 109 cm³/mol. The molecule has 0 bridgehead atoms. The Morgan fingerprint density at radius 1 is 0.962 bits per heavy atom. The number of pyridine rings is 1. The van der Waals surface area contributed by atoms with Gasteiger partial charge in [0, 0.05) is 55.3 Å². The van der Waals surface area contributed by atoms with E-state index in [1.807, 2.05) is 18.3 Å². The molecule has 3 nitrogen and oxygen atoms in total. The van der Waals surface area contributed by atoms with Crippen molar-refractivity contribution in [3.63, 3.8) is 0 Å². The molecule has 0 aliphatic carbocycles. The number of aromatic nitrogens is 1. The van der Waals surface area contributed by atoms with Gasteiger partial charge in [-0.25, -0.2) is 0 Å². The Kier molecular flexibility index (Phi) is 5.12. The molecule has 4 rings (SSSR count). The zero-order chi connectivity index (χ0) is 18.1. The number of ether oxygens (including phenoxy) is 1. The van der Waals surface area contributed by atoms with Crippen LogP contribution in [0.15, 0.2) is 48.7 Å².